The van der Waals surface area contributed by atoms with Gasteiger partial charge in [0.25, 0.3) is 0 Å². The highest BCUT2D eigenvalue weighted by Crippen LogP contribution is 2.25. The summed E-state index contributed by atoms with van der Waals surface area (Å²) in [4.78, 5) is 23.1. The van der Waals surface area contributed by atoms with E-state index in [2.05, 4.69) is 10.6 Å². The van der Waals surface area contributed by atoms with Crippen molar-refractivity contribution in [3.05, 3.63) is 23.8 Å². The molecule has 116 valence electrons. The summed E-state index contributed by atoms with van der Waals surface area (Å²) in [7, 11) is 1.51. The first kappa shape index (κ1) is 16.8. The highest BCUT2D eigenvalue weighted by Gasteiger charge is 2.21. The fourth-order valence-corrected chi connectivity index (χ4v) is 1.93. The van der Waals surface area contributed by atoms with Gasteiger partial charge < -0.3 is 20.5 Å². The maximum absolute atomic E-state index is 11.9. The molecule has 21 heavy (non-hydrogen) atoms. The fourth-order valence-electron chi connectivity index (χ4n) is 1.93. The summed E-state index contributed by atoms with van der Waals surface area (Å²) in [6, 6.07) is 3.89. The Morgan fingerprint density at radius 3 is 2.52 bits per heavy atom. The van der Waals surface area contributed by atoms with Crippen LogP contribution in [-0.2, 0) is 4.79 Å². The van der Waals surface area contributed by atoms with E-state index in [9.17, 15) is 9.59 Å². The minimum atomic E-state index is -1.05. The second-order valence-corrected chi connectivity index (χ2v) is 5.32. The van der Waals surface area contributed by atoms with Crippen LogP contribution in [0, 0.1) is 12.8 Å². The summed E-state index contributed by atoms with van der Waals surface area (Å²) in [5, 5.41) is 14.2. The molecular weight excluding hydrogens is 272 g/mol. The van der Waals surface area contributed by atoms with Crippen LogP contribution in [-0.4, -0.2) is 30.3 Å². The van der Waals surface area contributed by atoms with Crippen molar-refractivity contribution < 1.29 is 19.4 Å². The molecule has 0 aliphatic rings. The van der Waals surface area contributed by atoms with Gasteiger partial charge >= 0.3 is 12.0 Å². The molecule has 0 aromatic heterocycles. The highest BCUT2D eigenvalue weighted by molar-refractivity contribution is 5.93. The Labute approximate surface area is 124 Å². The molecule has 1 atom stereocenters. The second kappa shape index (κ2) is 7.52. The smallest absolute Gasteiger partial charge is 0.326 e. The Morgan fingerprint density at radius 2 is 2.00 bits per heavy atom. The Morgan fingerprint density at radius 1 is 1.33 bits per heavy atom. The maximum atomic E-state index is 11.9. The maximum Gasteiger partial charge on any atom is 0.326 e. The Bertz CT molecular complexity index is 514. The molecule has 0 saturated heterocycles. The van der Waals surface area contributed by atoms with Crippen molar-refractivity contribution in [3.8, 4) is 5.75 Å². The monoisotopic (exact) mass is 294 g/mol. The normalized spacial score (nSPS) is 11.9. The summed E-state index contributed by atoms with van der Waals surface area (Å²) in [6.45, 7) is 5.69. The number of carbonyl (C=O) groups excluding carboxylic acids is 1. The number of carbonyl (C=O) groups is 2. The van der Waals surface area contributed by atoms with Gasteiger partial charge in [0.2, 0.25) is 0 Å². The van der Waals surface area contributed by atoms with Crippen LogP contribution in [0.2, 0.25) is 0 Å². The predicted molar refractivity (Wildman–Crippen MR) is 80.8 cm³/mol. The summed E-state index contributed by atoms with van der Waals surface area (Å²) in [5.74, 6) is -0.360. The van der Waals surface area contributed by atoms with Crippen LogP contribution in [0.15, 0.2) is 18.2 Å². The van der Waals surface area contributed by atoms with E-state index in [4.69, 9.17) is 9.84 Å². The Kier molecular flexibility index (Phi) is 6.02. The molecule has 1 aromatic carbocycles. The van der Waals surface area contributed by atoms with Crippen LogP contribution < -0.4 is 15.4 Å². The van der Waals surface area contributed by atoms with Crippen LogP contribution in [0.3, 0.4) is 0 Å². The molecule has 2 amide bonds. The van der Waals surface area contributed by atoms with E-state index >= 15 is 0 Å². The van der Waals surface area contributed by atoms with E-state index in [1.807, 2.05) is 26.8 Å². The first-order valence-corrected chi connectivity index (χ1v) is 6.78. The number of nitrogens with one attached hydrogen (secondary N) is 2. The summed E-state index contributed by atoms with van der Waals surface area (Å²) < 4.78 is 5.16. The molecule has 0 saturated carbocycles. The zero-order valence-corrected chi connectivity index (χ0v) is 12.8. The van der Waals surface area contributed by atoms with Crippen LogP contribution in [0.25, 0.3) is 0 Å². The van der Waals surface area contributed by atoms with Gasteiger partial charge in [-0.05, 0) is 37.0 Å². The molecule has 1 unspecified atom stereocenters. The molecule has 0 aliphatic carbocycles. The van der Waals surface area contributed by atoms with Crippen molar-refractivity contribution in [2.24, 2.45) is 5.92 Å². The van der Waals surface area contributed by atoms with E-state index < -0.39 is 18.0 Å². The Balaban J connectivity index is 2.76. The van der Waals surface area contributed by atoms with Gasteiger partial charge in [0, 0.05) is 0 Å². The van der Waals surface area contributed by atoms with Gasteiger partial charge in [-0.1, -0.05) is 19.9 Å². The molecule has 0 heterocycles. The average molecular weight is 294 g/mol. The molecule has 6 heteroatoms. The number of urea groups is 1. The predicted octanol–water partition coefficient (Wildman–Crippen LogP) is 2.62. The van der Waals surface area contributed by atoms with Crippen molar-refractivity contribution >= 4 is 17.7 Å². The third-order valence-corrected chi connectivity index (χ3v) is 2.91. The Hall–Kier alpha value is -2.24. The van der Waals surface area contributed by atoms with Gasteiger partial charge in [-0.15, -0.1) is 0 Å². The van der Waals surface area contributed by atoms with Gasteiger partial charge in [-0.2, -0.15) is 0 Å². The lowest BCUT2D eigenvalue weighted by molar-refractivity contribution is -0.139. The van der Waals surface area contributed by atoms with E-state index in [0.29, 0.717) is 17.9 Å². The van der Waals surface area contributed by atoms with Crippen molar-refractivity contribution in [1.82, 2.24) is 5.32 Å². The van der Waals surface area contributed by atoms with Crippen molar-refractivity contribution in [2.45, 2.75) is 33.2 Å². The van der Waals surface area contributed by atoms with Gasteiger partial charge in [0.1, 0.15) is 11.8 Å². The number of anilines is 1. The minimum absolute atomic E-state index is 0.167. The zero-order valence-electron chi connectivity index (χ0n) is 12.8. The number of rotatable bonds is 6. The quantitative estimate of drug-likeness (QED) is 0.752. The number of ether oxygens (including phenoxy) is 1. The molecule has 0 bridgehead atoms. The fraction of sp³-hybridized carbons (Fsp3) is 0.467. The minimum Gasteiger partial charge on any atom is -0.495 e. The molecule has 0 aliphatic heterocycles. The van der Waals surface area contributed by atoms with Gasteiger partial charge in [0.05, 0.1) is 12.8 Å². The molecular formula is C15H22N2O4. The molecule has 0 spiro atoms. The lowest BCUT2D eigenvalue weighted by atomic mass is 10.0. The summed E-state index contributed by atoms with van der Waals surface area (Å²) in [5.41, 5.74) is 1.46. The number of aliphatic carboxylic acids is 1. The highest BCUT2D eigenvalue weighted by atomic mass is 16.5. The molecule has 1 aromatic rings. The number of hydrogen-bond donors (Lipinski definition) is 3. The van der Waals surface area contributed by atoms with E-state index in [1.54, 1.807) is 12.1 Å². The van der Waals surface area contributed by atoms with Gasteiger partial charge in [-0.25, -0.2) is 9.59 Å². The third kappa shape index (κ3) is 5.33. The van der Waals surface area contributed by atoms with Crippen molar-refractivity contribution in [2.75, 3.05) is 12.4 Å². The van der Waals surface area contributed by atoms with E-state index in [-0.39, 0.29) is 5.92 Å². The standard InChI is InChI=1S/C15H22N2O4/c1-9(2)7-12(14(18)19)17-15(20)16-11-8-10(3)5-6-13(11)21-4/h5-6,8-9,12H,7H2,1-4H3,(H,18,19)(H2,16,17,20). The third-order valence-electron chi connectivity index (χ3n) is 2.91. The van der Waals surface area contributed by atoms with Gasteiger partial charge in [0.15, 0.2) is 0 Å². The van der Waals surface area contributed by atoms with E-state index in [1.165, 1.54) is 7.11 Å². The summed E-state index contributed by atoms with van der Waals surface area (Å²) in [6.07, 6.45) is 0.369. The van der Waals surface area contributed by atoms with Crippen LogP contribution >= 0.6 is 0 Å². The van der Waals surface area contributed by atoms with Crippen molar-refractivity contribution in [1.29, 1.82) is 0 Å². The molecule has 0 radical (unpaired) electrons. The number of hydrogen-bond acceptors (Lipinski definition) is 3. The molecule has 3 N–H and O–H groups in total. The largest absolute Gasteiger partial charge is 0.495 e. The number of benzene rings is 1. The number of amides is 2. The molecule has 1 rings (SSSR count). The zero-order chi connectivity index (χ0) is 16.0. The summed E-state index contributed by atoms with van der Waals surface area (Å²) >= 11 is 0. The first-order chi connectivity index (χ1) is 9.83. The van der Waals surface area contributed by atoms with Crippen LogP contribution in [0.5, 0.6) is 5.75 Å². The number of carboxylic acids is 1. The average Bonchev–Trinajstić information content (AvgIpc) is 2.37. The van der Waals surface area contributed by atoms with Crippen LogP contribution in [0.1, 0.15) is 25.8 Å². The second-order valence-electron chi connectivity index (χ2n) is 5.32. The topological polar surface area (TPSA) is 87.7 Å². The SMILES string of the molecule is COc1ccc(C)cc1NC(=O)NC(CC(C)C)C(=O)O. The van der Waals surface area contributed by atoms with Crippen LogP contribution in [0.4, 0.5) is 10.5 Å². The van der Waals surface area contributed by atoms with Crippen molar-refractivity contribution in [3.63, 3.8) is 0 Å². The molecule has 6 nitrogen and oxygen atoms in total. The molecule has 0 fully saturated rings. The van der Waals surface area contributed by atoms with Gasteiger partial charge in [-0.3, -0.25) is 0 Å². The lowest BCUT2D eigenvalue weighted by Crippen LogP contribution is -2.43. The number of methoxy groups -OCH3 is 1. The number of carboxylic acid groups (broad SMARTS) is 1. The number of aryl methyl sites for hydroxylation is 1. The lowest BCUT2D eigenvalue weighted by Gasteiger charge is -2.18. The van der Waals surface area contributed by atoms with E-state index in [0.717, 1.165) is 5.56 Å². The first-order valence-electron chi connectivity index (χ1n) is 6.78.